The number of amidine groups is 1. The molecule has 2 aromatic rings. The van der Waals surface area contributed by atoms with E-state index < -0.39 is 6.03 Å². The van der Waals surface area contributed by atoms with Crippen LogP contribution >= 0.6 is 0 Å². The fourth-order valence-corrected chi connectivity index (χ4v) is 4.84. The largest absolute Gasteiger partial charge is 0.387 e. The molecule has 2 amide bonds. The second kappa shape index (κ2) is 10.0. The highest BCUT2D eigenvalue weighted by molar-refractivity contribution is 6.00. The molecule has 4 rings (SSSR count). The highest BCUT2D eigenvalue weighted by atomic mass is 16.2. The van der Waals surface area contributed by atoms with E-state index in [9.17, 15) is 4.79 Å². The first-order valence-electron chi connectivity index (χ1n) is 11.4. The lowest BCUT2D eigenvalue weighted by Crippen LogP contribution is -2.42. The van der Waals surface area contributed by atoms with Crippen LogP contribution in [0.2, 0.25) is 0 Å². The monoisotopic (exact) mass is 407 g/mol. The number of pyridine rings is 1. The molecule has 160 valence electrons. The summed E-state index contributed by atoms with van der Waals surface area (Å²) >= 11 is 0. The SMILES string of the molecule is N/C(=N\C(=O)Nc1cnc2ccccc2c1)C1CCCN(CCC2CCCCC2)C1. The Kier molecular flexibility index (Phi) is 6.95. The minimum Gasteiger partial charge on any atom is -0.387 e. The first-order valence-corrected chi connectivity index (χ1v) is 11.4. The molecule has 1 atom stereocenters. The van der Waals surface area contributed by atoms with E-state index in [4.69, 9.17) is 5.73 Å². The molecule has 1 unspecified atom stereocenters. The van der Waals surface area contributed by atoms with Gasteiger partial charge in [0.2, 0.25) is 0 Å². The number of piperidine rings is 1. The van der Waals surface area contributed by atoms with Crippen LogP contribution in [-0.4, -0.2) is 41.4 Å². The number of likely N-dealkylation sites (tertiary alicyclic amines) is 1. The van der Waals surface area contributed by atoms with Crippen LogP contribution in [0.4, 0.5) is 10.5 Å². The highest BCUT2D eigenvalue weighted by Gasteiger charge is 2.24. The third kappa shape index (κ3) is 5.57. The summed E-state index contributed by atoms with van der Waals surface area (Å²) in [4.78, 5) is 23.4. The standard InChI is InChI=1S/C24H33N5O/c25-23(20-10-6-13-29(17-20)14-12-18-7-2-1-3-8-18)28-24(30)27-21-15-19-9-4-5-11-22(19)26-16-21/h4-5,9,11,15-16,18,20H,1-3,6-8,10,12-14,17H2,(H3,25,27,28,30). The number of anilines is 1. The Balaban J connectivity index is 1.30. The van der Waals surface area contributed by atoms with Crippen molar-refractivity contribution in [3.8, 4) is 0 Å². The van der Waals surface area contributed by atoms with Crippen LogP contribution in [0.5, 0.6) is 0 Å². The second-order valence-electron chi connectivity index (χ2n) is 8.82. The number of hydrogen-bond acceptors (Lipinski definition) is 3. The Labute approximate surface area is 179 Å². The number of nitrogens with two attached hydrogens (primary N) is 1. The van der Waals surface area contributed by atoms with E-state index in [0.717, 1.165) is 49.3 Å². The summed E-state index contributed by atoms with van der Waals surface area (Å²) in [5.41, 5.74) is 7.77. The molecule has 6 nitrogen and oxygen atoms in total. The topological polar surface area (TPSA) is 83.6 Å². The van der Waals surface area contributed by atoms with Crippen LogP contribution in [0.25, 0.3) is 10.9 Å². The Morgan fingerprint density at radius 1 is 1.17 bits per heavy atom. The number of benzene rings is 1. The summed E-state index contributed by atoms with van der Waals surface area (Å²) in [6, 6.07) is 9.29. The van der Waals surface area contributed by atoms with Gasteiger partial charge in [-0.15, -0.1) is 0 Å². The van der Waals surface area contributed by atoms with E-state index in [2.05, 4.69) is 20.2 Å². The van der Waals surface area contributed by atoms with Gasteiger partial charge >= 0.3 is 6.03 Å². The van der Waals surface area contributed by atoms with Crippen LogP contribution in [0.1, 0.15) is 51.4 Å². The highest BCUT2D eigenvalue weighted by Crippen LogP contribution is 2.27. The fraction of sp³-hybridized carbons (Fsp3) is 0.542. The van der Waals surface area contributed by atoms with Crippen LogP contribution in [0.15, 0.2) is 41.5 Å². The van der Waals surface area contributed by atoms with Gasteiger partial charge < -0.3 is 16.0 Å². The molecule has 1 aromatic heterocycles. The van der Waals surface area contributed by atoms with Crippen molar-refractivity contribution >= 4 is 28.5 Å². The Morgan fingerprint density at radius 3 is 2.87 bits per heavy atom. The van der Waals surface area contributed by atoms with Gasteiger partial charge in [-0.1, -0.05) is 50.3 Å². The summed E-state index contributed by atoms with van der Waals surface area (Å²) in [5.74, 6) is 1.50. The summed E-state index contributed by atoms with van der Waals surface area (Å²) in [6.45, 7) is 3.18. The zero-order valence-electron chi connectivity index (χ0n) is 17.7. The summed E-state index contributed by atoms with van der Waals surface area (Å²) in [6.07, 6.45) is 12.0. The van der Waals surface area contributed by atoms with E-state index in [1.807, 2.05) is 30.3 Å². The number of aliphatic imine (C=N–C) groups is 1. The number of para-hydroxylation sites is 1. The van der Waals surface area contributed by atoms with Crippen molar-refractivity contribution in [1.82, 2.24) is 9.88 Å². The lowest BCUT2D eigenvalue weighted by molar-refractivity contribution is 0.182. The van der Waals surface area contributed by atoms with Crippen LogP contribution < -0.4 is 11.1 Å². The number of carbonyl (C=O) groups is 1. The van der Waals surface area contributed by atoms with Gasteiger partial charge in [-0.05, 0) is 50.4 Å². The molecule has 1 aliphatic heterocycles. The number of urea groups is 1. The number of aromatic nitrogens is 1. The van der Waals surface area contributed by atoms with Crippen LogP contribution in [0.3, 0.4) is 0 Å². The minimum atomic E-state index is -0.427. The fourth-order valence-electron chi connectivity index (χ4n) is 4.84. The number of hydrogen-bond donors (Lipinski definition) is 2. The third-order valence-corrected chi connectivity index (χ3v) is 6.57. The van der Waals surface area contributed by atoms with Gasteiger partial charge in [-0.2, -0.15) is 4.99 Å². The quantitative estimate of drug-likeness (QED) is 0.550. The van der Waals surface area contributed by atoms with Crippen molar-refractivity contribution in [2.24, 2.45) is 22.6 Å². The molecular weight excluding hydrogens is 374 g/mol. The lowest BCUT2D eigenvalue weighted by atomic mass is 9.86. The normalized spacial score (nSPS) is 21.6. The minimum absolute atomic E-state index is 0.158. The molecule has 1 aromatic carbocycles. The van der Waals surface area contributed by atoms with Crippen molar-refractivity contribution in [2.75, 3.05) is 25.0 Å². The number of amides is 2. The van der Waals surface area contributed by atoms with E-state index in [1.54, 1.807) is 6.20 Å². The van der Waals surface area contributed by atoms with Gasteiger partial charge in [0.05, 0.1) is 17.4 Å². The van der Waals surface area contributed by atoms with Crippen molar-refractivity contribution in [1.29, 1.82) is 0 Å². The van der Waals surface area contributed by atoms with Crippen LogP contribution in [-0.2, 0) is 0 Å². The molecule has 1 saturated carbocycles. The third-order valence-electron chi connectivity index (χ3n) is 6.57. The number of carbonyl (C=O) groups excluding carboxylic acids is 1. The van der Waals surface area contributed by atoms with E-state index in [-0.39, 0.29) is 5.92 Å². The predicted molar refractivity (Wildman–Crippen MR) is 123 cm³/mol. The smallest absolute Gasteiger partial charge is 0.347 e. The number of rotatable bonds is 5. The number of nitrogens with one attached hydrogen (secondary N) is 1. The average molecular weight is 408 g/mol. The van der Waals surface area contributed by atoms with Crippen molar-refractivity contribution < 1.29 is 4.79 Å². The molecule has 2 fully saturated rings. The summed E-state index contributed by atoms with van der Waals surface area (Å²) < 4.78 is 0. The molecule has 2 aliphatic rings. The van der Waals surface area contributed by atoms with E-state index in [1.165, 1.54) is 38.5 Å². The summed E-state index contributed by atoms with van der Waals surface area (Å²) in [7, 11) is 0. The molecule has 3 N–H and O–H groups in total. The van der Waals surface area contributed by atoms with Gasteiger partial charge in [0, 0.05) is 17.8 Å². The zero-order chi connectivity index (χ0) is 20.8. The molecule has 30 heavy (non-hydrogen) atoms. The summed E-state index contributed by atoms with van der Waals surface area (Å²) in [5, 5.41) is 3.78. The molecule has 2 heterocycles. The van der Waals surface area contributed by atoms with Crippen molar-refractivity contribution in [2.45, 2.75) is 51.4 Å². The van der Waals surface area contributed by atoms with E-state index >= 15 is 0 Å². The van der Waals surface area contributed by atoms with Gasteiger partial charge in [-0.3, -0.25) is 4.98 Å². The maximum absolute atomic E-state index is 12.4. The van der Waals surface area contributed by atoms with Gasteiger partial charge in [-0.25, -0.2) is 4.79 Å². The van der Waals surface area contributed by atoms with Crippen molar-refractivity contribution in [3.05, 3.63) is 36.5 Å². The maximum atomic E-state index is 12.4. The Morgan fingerprint density at radius 2 is 2.00 bits per heavy atom. The molecule has 0 radical (unpaired) electrons. The first-order chi connectivity index (χ1) is 14.7. The zero-order valence-corrected chi connectivity index (χ0v) is 17.7. The maximum Gasteiger partial charge on any atom is 0.347 e. The number of nitrogens with zero attached hydrogens (tertiary/aromatic N) is 3. The van der Waals surface area contributed by atoms with E-state index in [0.29, 0.717) is 11.5 Å². The molecule has 6 heteroatoms. The van der Waals surface area contributed by atoms with Gasteiger partial charge in [0.15, 0.2) is 0 Å². The molecule has 1 saturated heterocycles. The van der Waals surface area contributed by atoms with Gasteiger partial charge in [0.25, 0.3) is 0 Å². The van der Waals surface area contributed by atoms with Crippen molar-refractivity contribution in [3.63, 3.8) is 0 Å². The molecular formula is C24H33N5O. The average Bonchev–Trinajstić information content (AvgIpc) is 2.78. The van der Waals surface area contributed by atoms with Gasteiger partial charge in [0.1, 0.15) is 5.84 Å². The Bertz CT molecular complexity index is 890. The number of fused-ring (bicyclic) bond motifs is 1. The molecule has 0 spiro atoms. The predicted octanol–water partition coefficient (Wildman–Crippen LogP) is 4.81. The lowest BCUT2D eigenvalue weighted by Gasteiger charge is -2.33. The first kappa shape index (κ1) is 20.8. The molecule has 0 bridgehead atoms. The second-order valence-corrected chi connectivity index (χ2v) is 8.82. The van der Waals surface area contributed by atoms with Crippen LogP contribution in [0, 0.1) is 11.8 Å². The Hall–Kier alpha value is -2.47. The molecule has 1 aliphatic carbocycles.